The summed E-state index contributed by atoms with van der Waals surface area (Å²) in [6.07, 6.45) is 1.94. The molecule has 1 saturated heterocycles. The van der Waals surface area contributed by atoms with Gasteiger partial charge in [-0.25, -0.2) is 0 Å². The molecule has 5 unspecified atom stereocenters. The molecular formula is C17H34O. The first-order valence-electron chi connectivity index (χ1n) is 7.65. The monoisotopic (exact) mass is 254 g/mol. The first kappa shape index (κ1) is 16.0. The molecule has 0 spiro atoms. The van der Waals surface area contributed by atoms with Gasteiger partial charge in [0.25, 0.3) is 0 Å². The van der Waals surface area contributed by atoms with Gasteiger partial charge in [-0.1, -0.05) is 62.3 Å². The molecule has 1 aliphatic heterocycles. The molecule has 1 rings (SSSR count). The molecule has 108 valence electrons. The third-order valence-electron chi connectivity index (χ3n) is 4.77. The van der Waals surface area contributed by atoms with Gasteiger partial charge in [0, 0.05) is 0 Å². The summed E-state index contributed by atoms with van der Waals surface area (Å²) in [6.45, 7) is 21.2. The van der Waals surface area contributed by atoms with E-state index >= 15 is 0 Å². The molecule has 1 aliphatic rings. The van der Waals surface area contributed by atoms with Crippen molar-refractivity contribution in [3.05, 3.63) is 0 Å². The van der Waals surface area contributed by atoms with E-state index in [0.29, 0.717) is 29.5 Å². The van der Waals surface area contributed by atoms with Crippen LogP contribution in [-0.4, -0.2) is 12.2 Å². The second kappa shape index (κ2) is 5.15. The fourth-order valence-corrected chi connectivity index (χ4v) is 4.37. The lowest BCUT2D eigenvalue weighted by molar-refractivity contribution is -0.192. The molecule has 0 aromatic rings. The molecule has 18 heavy (non-hydrogen) atoms. The fourth-order valence-electron chi connectivity index (χ4n) is 4.37. The summed E-state index contributed by atoms with van der Waals surface area (Å²) in [6, 6.07) is 0. The summed E-state index contributed by atoms with van der Waals surface area (Å²) in [4.78, 5) is 0. The zero-order chi connectivity index (χ0) is 14.3. The molecule has 0 aromatic heterocycles. The highest BCUT2D eigenvalue weighted by molar-refractivity contribution is 4.96. The summed E-state index contributed by atoms with van der Waals surface area (Å²) < 4.78 is 6.45. The van der Waals surface area contributed by atoms with E-state index in [0.717, 1.165) is 12.3 Å². The van der Waals surface area contributed by atoms with Crippen LogP contribution in [0, 0.1) is 28.6 Å². The van der Waals surface area contributed by atoms with Gasteiger partial charge in [-0.2, -0.15) is 0 Å². The summed E-state index contributed by atoms with van der Waals surface area (Å²) in [5.74, 6) is 2.02. The highest BCUT2D eigenvalue weighted by atomic mass is 16.5. The van der Waals surface area contributed by atoms with Crippen LogP contribution in [0.25, 0.3) is 0 Å². The van der Waals surface area contributed by atoms with Crippen molar-refractivity contribution in [2.45, 2.75) is 80.9 Å². The van der Waals surface area contributed by atoms with Crippen LogP contribution in [0.1, 0.15) is 68.7 Å². The van der Waals surface area contributed by atoms with E-state index < -0.39 is 0 Å². The first-order valence-corrected chi connectivity index (χ1v) is 7.65. The summed E-state index contributed by atoms with van der Waals surface area (Å²) in [5.41, 5.74) is 0.593. The summed E-state index contributed by atoms with van der Waals surface area (Å²) in [7, 11) is 0. The van der Waals surface area contributed by atoms with Gasteiger partial charge in [0.2, 0.25) is 0 Å². The van der Waals surface area contributed by atoms with Crippen molar-refractivity contribution in [3.8, 4) is 0 Å². The minimum absolute atomic E-state index is 0.233. The van der Waals surface area contributed by atoms with Crippen LogP contribution in [0.4, 0.5) is 0 Å². The molecule has 0 amide bonds. The van der Waals surface area contributed by atoms with Gasteiger partial charge in [0.15, 0.2) is 0 Å². The van der Waals surface area contributed by atoms with Crippen LogP contribution >= 0.6 is 0 Å². The van der Waals surface area contributed by atoms with E-state index in [2.05, 4.69) is 62.3 Å². The SMILES string of the molecule is CCC1OC(C(C)(C)C)C(C)C(C(C)(C)C)C1C. The average Bonchev–Trinajstić information content (AvgIpc) is 2.13. The van der Waals surface area contributed by atoms with Gasteiger partial charge in [-0.15, -0.1) is 0 Å². The average molecular weight is 254 g/mol. The molecule has 1 heterocycles. The predicted octanol–water partition coefficient (Wildman–Crippen LogP) is 5.14. The number of ether oxygens (including phenoxy) is 1. The molecule has 1 fully saturated rings. The Hall–Kier alpha value is -0.0400. The molecule has 0 aromatic carbocycles. The maximum absolute atomic E-state index is 6.45. The minimum atomic E-state index is 0.233. The van der Waals surface area contributed by atoms with Crippen molar-refractivity contribution >= 4 is 0 Å². The normalized spacial score (nSPS) is 38.8. The smallest absolute Gasteiger partial charge is 0.0655 e. The van der Waals surface area contributed by atoms with Gasteiger partial charge in [0.05, 0.1) is 12.2 Å². The van der Waals surface area contributed by atoms with Crippen molar-refractivity contribution < 1.29 is 4.74 Å². The Morgan fingerprint density at radius 2 is 1.33 bits per heavy atom. The van der Waals surface area contributed by atoms with Crippen molar-refractivity contribution in [1.82, 2.24) is 0 Å². The molecule has 0 saturated carbocycles. The van der Waals surface area contributed by atoms with E-state index in [1.165, 1.54) is 0 Å². The highest BCUT2D eigenvalue weighted by Gasteiger charge is 2.48. The Labute approximate surface area is 115 Å². The Balaban J connectivity index is 3.08. The largest absolute Gasteiger partial charge is 0.374 e. The second-order valence-electron chi connectivity index (χ2n) is 8.48. The number of hydrogen-bond acceptors (Lipinski definition) is 1. The zero-order valence-electron chi connectivity index (χ0n) is 14.0. The summed E-state index contributed by atoms with van der Waals surface area (Å²) in [5, 5.41) is 0. The van der Waals surface area contributed by atoms with E-state index in [9.17, 15) is 0 Å². The molecule has 5 atom stereocenters. The van der Waals surface area contributed by atoms with Crippen LogP contribution in [0.3, 0.4) is 0 Å². The van der Waals surface area contributed by atoms with Crippen molar-refractivity contribution in [2.75, 3.05) is 0 Å². The van der Waals surface area contributed by atoms with Gasteiger partial charge in [0.1, 0.15) is 0 Å². The Morgan fingerprint density at radius 3 is 1.67 bits per heavy atom. The van der Waals surface area contributed by atoms with E-state index in [1.807, 2.05) is 0 Å². The van der Waals surface area contributed by atoms with Crippen LogP contribution in [0.5, 0.6) is 0 Å². The van der Waals surface area contributed by atoms with Crippen LogP contribution in [0.2, 0.25) is 0 Å². The Morgan fingerprint density at radius 1 is 0.833 bits per heavy atom. The molecule has 1 nitrogen and oxygen atoms in total. The lowest BCUT2D eigenvalue weighted by atomic mass is 9.60. The molecule has 1 heteroatoms. The van der Waals surface area contributed by atoms with Gasteiger partial charge in [-0.05, 0) is 35.0 Å². The minimum Gasteiger partial charge on any atom is -0.374 e. The lowest BCUT2D eigenvalue weighted by Crippen LogP contribution is -2.53. The van der Waals surface area contributed by atoms with Crippen molar-refractivity contribution in [1.29, 1.82) is 0 Å². The predicted molar refractivity (Wildman–Crippen MR) is 79.7 cm³/mol. The third kappa shape index (κ3) is 3.10. The van der Waals surface area contributed by atoms with Crippen molar-refractivity contribution in [3.63, 3.8) is 0 Å². The fraction of sp³-hybridized carbons (Fsp3) is 1.00. The van der Waals surface area contributed by atoms with Crippen LogP contribution in [0.15, 0.2) is 0 Å². The van der Waals surface area contributed by atoms with E-state index in [1.54, 1.807) is 0 Å². The number of rotatable bonds is 1. The molecule has 0 aliphatic carbocycles. The standard InChI is InChI=1S/C17H34O/c1-10-13-11(2)14(16(4,5)6)12(3)15(18-13)17(7,8)9/h11-15H,10H2,1-9H3. The van der Waals surface area contributed by atoms with Gasteiger partial charge in [-0.3, -0.25) is 0 Å². The van der Waals surface area contributed by atoms with Crippen LogP contribution < -0.4 is 0 Å². The van der Waals surface area contributed by atoms with Gasteiger partial charge >= 0.3 is 0 Å². The highest BCUT2D eigenvalue weighted by Crippen LogP contribution is 2.49. The topological polar surface area (TPSA) is 9.23 Å². The maximum Gasteiger partial charge on any atom is 0.0655 e. The molecule has 0 N–H and O–H groups in total. The maximum atomic E-state index is 6.45. The zero-order valence-corrected chi connectivity index (χ0v) is 14.0. The third-order valence-corrected chi connectivity index (χ3v) is 4.77. The lowest BCUT2D eigenvalue weighted by Gasteiger charge is -2.53. The Kier molecular flexibility index (Phi) is 4.58. The van der Waals surface area contributed by atoms with E-state index in [-0.39, 0.29) is 5.41 Å². The quantitative estimate of drug-likeness (QED) is 0.629. The molecule has 0 bridgehead atoms. The molecular weight excluding hydrogens is 220 g/mol. The second-order valence-corrected chi connectivity index (χ2v) is 8.48. The number of hydrogen-bond donors (Lipinski definition) is 0. The van der Waals surface area contributed by atoms with Crippen LogP contribution in [-0.2, 0) is 4.74 Å². The Bertz CT molecular complexity index is 268. The molecule has 0 radical (unpaired) electrons. The summed E-state index contributed by atoms with van der Waals surface area (Å²) >= 11 is 0. The van der Waals surface area contributed by atoms with Crippen molar-refractivity contribution in [2.24, 2.45) is 28.6 Å². The van der Waals surface area contributed by atoms with Gasteiger partial charge < -0.3 is 4.74 Å². The first-order chi connectivity index (χ1) is 8.00. The van der Waals surface area contributed by atoms with E-state index in [4.69, 9.17) is 4.74 Å².